The van der Waals surface area contributed by atoms with Crippen molar-refractivity contribution in [2.24, 2.45) is 11.8 Å². The zero-order chi connectivity index (χ0) is 30.9. The van der Waals surface area contributed by atoms with Crippen molar-refractivity contribution < 1.29 is 4.74 Å². The maximum Gasteiger partial charge on any atom is 0.127 e. The van der Waals surface area contributed by atoms with Gasteiger partial charge in [-0.25, -0.2) is 0 Å². The quantitative estimate of drug-likeness (QED) is 0.146. The highest BCUT2D eigenvalue weighted by Gasteiger charge is 2.15. The Kier molecular flexibility index (Phi) is 16.4. The van der Waals surface area contributed by atoms with E-state index in [0.717, 1.165) is 67.1 Å². The number of rotatable bonds is 16. The van der Waals surface area contributed by atoms with Gasteiger partial charge in [-0.1, -0.05) is 77.8 Å². The molecule has 0 aromatic heterocycles. The summed E-state index contributed by atoms with van der Waals surface area (Å²) in [5.74, 6) is 2.59. The predicted molar refractivity (Wildman–Crippen MR) is 181 cm³/mol. The van der Waals surface area contributed by atoms with E-state index in [9.17, 15) is 0 Å². The maximum absolute atomic E-state index is 6.71. The lowest BCUT2D eigenvalue weighted by Gasteiger charge is -2.22. The van der Waals surface area contributed by atoms with E-state index in [2.05, 4.69) is 127 Å². The van der Waals surface area contributed by atoms with E-state index in [1.165, 1.54) is 22.4 Å². The average molecular weight is 560 g/mol. The van der Waals surface area contributed by atoms with Crippen LogP contribution in [0.3, 0.4) is 0 Å². The van der Waals surface area contributed by atoms with Crippen molar-refractivity contribution in [2.75, 3.05) is 27.7 Å². The first-order chi connectivity index (χ1) is 19.5. The Morgan fingerprint density at radius 2 is 1.88 bits per heavy atom. The monoisotopic (exact) mass is 559 g/mol. The third-order valence-corrected chi connectivity index (χ3v) is 7.21. The summed E-state index contributed by atoms with van der Waals surface area (Å²) in [4.78, 5) is 2.15. The molecule has 1 atom stereocenters. The van der Waals surface area contributed by atoms with Gasteiger partial charge in [-0.2, -0.15) is 0 Å². The Morgan fingerprint density at radius 3 is 2.41 bits per heavy atom. The van der Waals surface area contributed by atoms with Gasteiger partial charge in [0, 0.05) is 57.8 Å². The van der Waals surface area contributed by atoms with Crippen LogP contribution < -0.4 is 10.6 Å². The first-order valence-electron chi connectivity index (χ1n) is 15.1. The van der Waals surface area contributed by atoms with Crippen LogP contribution in [-0.2, 0) is 4.74 Å². The maximum atomic E-state index is 6.71. The van der Waals surface area contributed by atoms with Crippen LogP contribution in [0.1, 0.15) is 73.6 Å². The van der Waals surface area contributed by atoms with E-state index >= 15 is 0 Å². The van der Waals surface area contributed by atoms with Crippen molar-refractivity contribution in [2.45, 2.75) is 73.6 Å². The van der Waals surface area contributed by atoms with E-state index in [-0.39, 0.29) is 5.92 Å². The van der Waals surface area contributed by atoms with Crippen LogP contribution in [0.15, 0.2) is 119 Å². The highest BCUT2D eigenvalue weighted by Crippen LogP contribution is 2.29. The molecular formula is C37H57N3O. The highest BCUT2D eigenvalue weighted by molar-refractivity contribution is 5.38. The normalized spacial score (nSPS) is 19.7. The van der Waals surface area contributed by atoms with Crippen LogP contribution in [0.5, 0.6) is 0 Å². The topological polar surface area (TPSA) is 36.5 Å². The van der Waals surface area contributed by atoms with Crippen LogP contribution in [0.4, 0.5) is 0 Å². The van der Waals surface area contributed by atoms with Gasteiger partial charge in [0.1, 0.15) is 11.5 Å². The van der Waals surface area contributed by atoms with Gasteiger partial charge in [0.2, 0.25) is 0 Å². The van der Waals surface area contributed by atoms with Crippen LogP contribution in [0.2, 0.25) is 0 Å². The Morgan fingerprint density at radius 1 is 1.17 bits per heavy atom. The molecule has 2 N–H and O–H groups in total. The van der Waals surface area contributed by atoms with E-state index in [4.69, 9.17) is 4.74 Å². The molecule has 0 bridgehead atoms. The molecule has 0 saturated carbocycles. The van der Waals surface area contributed by atoms with E-state index in [1.54, 1.807) is 0 Å². The van der Waals surface area contributed by atoms with Crippen molar-refractivity contribution in [3.63, 3.8) is 0 Å². The standard InChI is InChI=1S/C37H57N3O/c1-13-19-32(29(8)25-35(27(5)6)39-16-4)26-33(14-2)41-37-23-18-21-31(20-17-22-36(37)40(11)12)28(7)24-30(9)34(15-3)38-10/h13,15,17,19,21-22,25-27,29,38-39H,1,3,7,14,16,18,20,23-24H2,2,4-6,8-12H3/b22-17?,31-21-,32-19+,33-26+,34-30-,35-25-,37-36-. The highest BCUT2D eigenvalue weighted by atomic mass is 16.5. The van der Waals surface area contributed by atoms with Gasteiger partial charge >= 0.3 is 0 Å². The largest absolute Gasteiger partial charge is 0.464 e. The van der Waals surface area contributed by atoms with Gasteiger partial charge < -0.3 is 20.3 Å². The fourth-order valence-electron chi connectivity index (χ4n) is 4.83. The lowest BCUT2D eigenvalue weighted by Crippen LogP contribution is -2.18. The van der Waals surface area contributed by atoms with Gasteiger partial charge in [-0.05, 0) is 79.5 Å². The summed E-state index contributed by atoms with van der Waals surface area (Å²) in [6, 6.07) is 0. The second kappa shape index (κ2) is 18.9. The summed E-state index contributed by atoms with van der Waals surface area (Å²) in [5, 5.41) is 6.75. The number of likely N-dealkylation sites (N-methyl/N-ethyl adjacent to an activating group) is 2. The SMILES string of the molecule is C=C/C=C(\C=C(/CC)O/C1=C(\N(C)C)C=CC/C(C(=C)C/C(C)=C(/C=C)NC)=C/CC1)C(C)/C=C(\NCC)C(C)C. The third kappa shape index (κ3) is 11.9. The number of allylic oxidation sites excluding steroid dienone is 15. The lowest BCUT2D eigenvalue weighted by atomic mass is 9.95. The summed E-state index contributed by atoms with van der Waals surface area (Å²) >= 11 is 0. The zero-order valence-corrected chi connectivity index (χ0v) is 27.5. The molecule has 1 rings (SSSR count). The second-order valence-electron chi connectivity index (χ2n) is 11.1. The Bertz CT molecular complexity index is 1120. The molecule has 0 aliphatic heterocycles. The molecule has 1 aliphatic carbocycles. The zero-order valence-electron chi connectivity index (χ0n) is 27.5. The Labute approximate surface area is 252 Å². The van der Waals surface area contributed by atoms with Crippen molar-refractivity contribution in [1.82, 2.24) is 15.5 Å². The minimum atomic E-state index is 0.218. The minimum absolute atomic E-state index is 0.218. The molecule has 4 heteroatoms. The van der Waals surface area contributed by atoms with E-state index in [0.29, 0.717) is 5.92 Å². The van der Waals surface area contributed by atoms with Crippen LogP contribution in [0.25, 0.3) is 0 Å². The lowest BCUT2D eigenvalue weighted by molar-refractivity contribution is 0.265. The number of nitrogens with one attached hydrogen (secondary N) is 2. The molecule has 0 aromatic rings. The smallest absolute Gasteiger partial charge is 0.127 e. The molecule has 0 spiro atoms. The molecule has 1 aliphatic rings. The molecule has 226 valence electrons. The molecule has 41 heavy (non-hydrogen) atoms. The van der Waals surface area contributed by atoms with Crippen LogP contribution >= 0.6 is 0 Å². The first kappa shape index (κ1) is 35.6. The van der Waals surface area contributed by atoms with Gasteiger partial charge in [0.15, 0.2) is 0 Å². The number of nitrogens with zero attached hydrogens (tertiary/aromatic N) is 1. The molecule has 1 unspecified atom stereocenters. The number of hydrogen-bond donors (Lipinski definition) is 2. The van der Waals surface area contributed by atoms with Gasteiger partial charge in [-0.15, -0.1) is 0 Å². The number of ether oxygens (including phenoxy) is 1. The molecule has 0 amide bonds. The average Bonchev–Trinajstić information content (AvgIpc) is 3.03. The van der Waals surface area contributed by atoms with Crippen LogP contribution in [-0.4, -0.2) is 32.6 Å². The van der Waals surface area contributed by atoms with Gasteiger partial charge in [0.05, 0.1) is 5.70 Å². The summed E-state index contributed by atoms with van der Waals surface area (Å²) < 4.78 is 6.71. The van der Waals surface area contributed by atoms with Gasteiger partial charge in [-0.3, -0.25) is 0 Å². The van der Waals surface area contributed by atoms with Crippen molar-refractivity contribution >= 4 is 0 Å². The molecule has 0 radical (unpaired) electrons. The van der Waals surface area contributed by atoms with Crippen molar-refractivity contribution in [3.05, 3.63) is 119 Å². The van der Waals surface area contributed by atoms with E-state index < -0.39 is 0 Å². The molecule has 0 fully saturated rings. The molecule has 0 saturated heterocycles. The Balaban J connectivity index is 3.32. The Hall–Kier alpha value is -3.40. The van der Waals surface area contributed by atoms with Crippen molar-refractivity contribution in [1.29, 1.82) is 0 Å². The molecule has 4 nitrogen and oxygen atoms in total. The molecule has 0 heterocycles. The molecular weight excluding hydrogens is 502 g/mol. The third-order valence-electron chi connectivity index (χ3n) is 7.21. The fraction of sp³-hybridized carbons (Fsp3) is 0.459. The summed E-state index contributed by atoms with van der Waals surface area (Å²) in [6.45, 7) is 26.3. The summed E-state index contributed by atoms with van der Waals surface area (Å²) in [5.41, 5.74) is 8.28. The molecule has 0 aromatic carbocycles. The van der Waals surface area contributed by atoms with Gasteiger partial charge in [0.25, 0.3) is 0 Å². The van der Waals surface area contributed by atoms with Crippen molar-refractivity contribution in [3.8, 4) is 0 Å². The first-order valence-corrected chi connectivity index (χ1v) is 15.1. The van der Waals surface area contributed by atoms with E-state index in [1.807, 2.05) is 19.2 Å². The summed E-state index contributed by atoms with van der Waals surface area (Å²) in [6.07, 6.45) is 21.2. The van der Waals surface area contributed by atoms with Crippen LogP contribution in [0, 0.1) is 11.8 Å². The minimum Gasteiger partial charge on any atom is -0.464 e. The number of hydrogen-bond acceptors (Lipinski definition) is 4. The predicted octanol–water partition coefficient (Wildman–Crippen LogP) is 9.26. The summed E-state index contributed by atoms with van der Waals surface area (Å²) in [7, 11) is 6.09. The second-order valence-corrected chi connectivity index (χ2v) is 11.1. The fourth-order valence-corrected chi connectivity index (χ4v) is 4.83.